The van der Waals surface area contributed by atoms with Gasteiger partial charge in [-0.3, -0.25) is 0 Å². The Balaban J connectivity index is 1.79. The van der Waals surface area contributed by atoms with Crippen LogP contribution < -0.4 is 5.32 Å². The van der Waals surface area contributed by atoms with Gasteiger partial charge in [0, 0.05) is 19.2 Å². The summed E-state index contributed by atoms with van der Waals surface area (Å²) in [5.41, 5.74) is 0. The van der Waals surface area contributed by atoms with Crippen LogP contribution >= 0.6 is 0 Å². The van der Waals surface area contributed by atoms with Crippen molar-refractivity contribution in [1.82, 2.24) is 5.32 Å². The topological polar surface area (TPSA) is 21.3 Å². The highest BCUT2D eigenvalue weighted by atomic mass is 16.5. The number of nitrogens with one attached hydrogen (secondary N) is 1. The highest BCUT2D eigenvalue weighted by Crippen LogP contribution is 2.25. The highest BCUT2D eigenvalue weighted by molar-refractivity contribution is 4.87. The Kier molecular flexibility index (Phi) is 3.23. The summed E-state index contributed by atoms with van der Waals surface area (Å²) in [5, 5.41) is 3.73. The molecule has 0 aromatic heterocycles. The molecule has 0 bridgehead atoms. The first-order valence-electron chi connectivity index (χ1n) is 5.69. The molecule has 0 spiro atoms. The van der Waals surface area contributed by atoms with Gasteiger partial charge in [-0.05, 0) is 25.7 Å². The third-order valence-electron chi connectivity index (χ3n) is 3.56. The Hall–Kier alpha value is -0.0800. The summed E-state index contributed by atoms with van der Waals surface area (Å²) in [6.07, 6.45) is 9.96. The monoisotopic (exact) mass is 183 g/mol. The van der Waals surface area contributed by atoms with E-state index in [0.717, 1.165) is 6.04 Å². The van der Waals surface area contributed by atoms with E-state index in [4.69, 9.17) is 4.74 Å². The first-order chi connectivity index (χ1) is 6.40. The molecular formula is C11H21NO. The van der Waals surface area contributed by atoms with Crippen molar-refractivity contribution >= 4 is 0 Å². The smallest absolute Gasteiger partial charge is 0.0724 e. The Labute approximate surface area is 81.0 Å². The SMILES string of the molecule is CO[C@@H]1CCCC[C@H]1NC1CCC1. The molecule has 2 saturated carbocycles. The molecule has 13 heavy (non-hydrogen) atoms. The number of methoxy groups -OCH3 is 1. The molecule has 0 aliphatic heterocycles. The molecular weight excluding hydrogens is 162 g/mol. The highest BCUT2D eigenvalue weighted by Gasteiger charge is 2.28. The molecule has 2 rings (SSSR count). The zero-order valence-electron chi connectivity index (χ0n) is 8.59. The first-order valence-corrected chi connectivity index (χ1v) is 5.69. The fraction of sp³-hybridized carbons (Fsp3) is 1.00. The Morgan fingerprint density at radius 3 is 2.38 bits per heavy atom. The number of hydrogen-bond acceptors (Lipinski definition) is 2. The molecule has 2 atom stereocenters. The molecule has 2 fully saturated rings. The maximum Gasteiger partial charge on any atom is 0.0724 e. The zero-order chi connectivity index (χ0) is 9.10. The number of rotatable bonds is 3. The molecule has 2 nitrogen and oxygen atoms in total. The summed E-state index contributed by atoms with van der Waals surface area (Å²) in [6.45, 7) is 0. The van der Waals surface area contributed by atoms with Crippen molar-refractivity contribution in [3.05, 3.63) is 0 Å². The molecule has 0 amide bonds. The fourth-order valence-electron chi connectivity index (χ4n) is 2.45. The quantitative estimate of drug-likeness (QED) is 0.723. The minimum atomic E-state index is 0.481. The van der Waals surface area contributed by atoms with Crippen molar-refractivity contribution in [3.63, 3.8) is 0 Å². The molecule has 0 heterocycles. The van der Waals surface area contributed by atoms with Gasteiger partial charge in [0.15, 0.2) is 0 Å². The second-order valence-electron chi connectivity index (χ2n) is 4.46. The summed E-state index contributed by atoms with van der Waals surface area (Å²) in [6, 6.07) is 1.45. The summed E-state index contributed by atoms with van der Waals surface area (Å²) in [7, 11) is 1.85. The predicted octanol–water partition coefficient (Wildman–Crippen LogP) is 2.09. The lowest BCUT2D eigenvalue weighted by atomic mass is 9.87. The average molecular weight is 183 g/mol. The predicted molar refractivity (Wildman–Crippen MR) is 53.8 cm³/mol. The van der Waals surface area contributed by atoms with Gasteiger partial charge in [-0.25, -0.2) is 0 Å². The number of ether oxygens (including phenoxy) is 1. The van der Waals surface area contributed by atoms with Crippen molar-refractivity contribution in [2.45, 2.75) is 63.1 Å². The van der Waals surface area contributed by atoms with E-state index in [-0.39, 0.29) is 0 Å². The first kappa shape index (κ1) is 9.47. The fourth-order valence-corrected chi connectivity index (χ4v) is 2.45. The third-order valence-corrected chi connectivity index (χ3v) is 3.56. The van der Waals surface area contributed by atoms with Gasteiger partial charge >= 0.3 is 0 Å². The van der Waals surface area contributed by atoms with Crippen molar-refractivity contribution in [2.24, 2.45) is 0 Å². The second kappa shape index (κ2) is 4.43. The van der Waals surface area contributed by atoms with Gasteiger partial charge in [0.05, 0.1) is 6.10 Å². The van der Waals surface area contributed by atoms with Gasteiger partial charge in [-0.1, -0.05) is 19.3 Å². The van der Waals surface area contributed by atoms with Crippen molar-refractivity contribution in [2.75, 3.05) is 7.11 Å². The molecule has 0 saturated heterocycles. The van der Waals surface area contributed by atoms with Crippen LogP contribution in [0.1, 0.15) is 44.9 Å². The minimum Gasteiger partial charge on any atom is -0.380 e. The van der Waals surface area contributed by atoms with E-state index in [9.17, 15) is 0 Å². The van der Waals surface area contributed by atoms with Crippen LogP contribution in [0.25, 0.3) is 0 Å². The molecule has 0 radical (unpaired) electrons. The molecule has 2 aliphatic rings. The van der Waals surface area contributed by atoms with Crippen LogP contribution in [-0.2, 0) is 4.74 Å². The van der Waals surface area contributed by atoms with E-state index in [1.807, 2.05) is 7.11 Å². The van der Waals surface area contributed by atoms with Crippen LogP contribution in [0.15, 0.2) is 0 Å². The van der Waals surface area contributed by atoms with Gasteiger partial charge in [0.2, 0.25) is 0 Å². The Morgan fingerprint density at radius 2 is 1.77 bits per heavy atom. The van der Waals surface area contributed by atoms with Crippen LogP contribution in [0.2, 0.25) is 0 Å². The van der Waals surface area contributed by atoms with Crippen LogP contribution in [0.4, 0.5) is 0 Å². The van der Waals surface area contributed by atoms with Crippen molar-refractivity contribution < 1.29 is 4.74 Å². The van der Waals surface area contributed by atoms with Crippen LogP contribution in [0, 0.1) is 0 Å². The van der Waals surface area contributed by atoms with Gasteiger partial charge in [0.25, 0.3) is 0 Å². The Bertz CT molecular complexity index is 156. The largest absolute Gasteiger partial charge is 0.380 e. The molecule has 76 valence electrons. The zero-order valence-corrected chi connectivity index (χ0v) is 8.59. The van der Waals surface area contributed by atoms with Crippen molar-refractivity contribution in [1.29, 1.82) is 0 Å². The summed E-state index contributed by atoms with van der Waals surface area (Å²) < 4.78 is 5.51. The van der Waals surface area contributed by atoms with E-state index in [1.165, 1.54) is 44.9 Å². The maximum atomic E-state index is 5.51. The second-order valence-corrected chi connectivity index (χ2v) is 4.46. The summed E-state index contributed by atoms with van der Waals surface area (Å²) in [4.78, 5) is 0. The van der Waals surface area contributed by atoms with E-state index in [2.05, 4.69) is 5.32 Å². The van der Waals surface area contributed by atoms with Crippen LogP contribution in [-0.4, -0.2) is 25.3 Å². The lowest BCUT2D eigenvalue weighted by Gasteiger charge is -2.37. The van der Waals surface area contributed by atoms with Crippen LogP contribution in [0.3, 0.4) is 0 Å². The number of hydrogen-bond donors (Lipinski definition) is 1. The molecule has 0 unspecified atom stereocenters. The average Bonchev–Trinajstić information content (AvgIpc) is 2.12. The van der Waals surface area contributed by atoms with Gasteiger partial charge in [0.1, 0.15) is 0 Å². The molecule has 0 aromatic carbocycles. The van der Waals surface area contributed by atoms with Gasteiger partial charge < -0.3 is 10.1 Å². The van der Waals surface area contributed by atoms with E-state index in [1.54, 1.807) is 0 Å². The third kappa shape index (κ3) is 2.23. The molecule has 2 aliphatic carbocycles. The van der Waals surface area contributed by atoms with Crippen molar-refractivity contribution in [3.8, 4) is 0 Å². The minimum absolute atomic E-state index is 0.481. The molecule has 1 N–H and O–H groups in total. The van der Waals surface area contributed by atoms with E-state index < -0.39 is 0 Å². The van der Waals surface area contributed by atoms with Gasteiger partial charge in [-0.2, -0.15) is 0 Å². The lowest BCUT2D eigenvalue weighted by molar-refractivity contribution is 0.0335. The van der Waals surface area contributed by atoms with E-state index >= 15 is 0 Å². The summed E-state index contributed by atoms with van der Waals surface area (Å²) >= 11 is 0. The van der Waals surface area contributed by atoms with E-state index in [0.29, 0.717) is 12.1 Å². The molecule has 2 heteroatoms. The normalized spacial score (nSPS) is 35.8. The van der Waals surface area contributed by atoms with Gasteiger partial charge in [-0.15, -0.1) is 0 Å². The Morgan fingerprint density at radius 1 is 1.00 bits per heavy atom. The summed E-state index contributed by atoms with van der Waals surface area (Å²) in [5.74, 6) is 0. The standard InChI is InChI=1S/C11H21NO/c1-13-11-8-3-2-7-10(11)12-9-5-4-6-9/h9-12H,2-8H2,1H3/t10-,11-/m1/s1. The maximum absolute atomic E-state index is 5.51. The molecule has 0 aromatic rings. The lowest BCUT2D eigenvalue weighted by Crippen LogP contribution is -2.49. The van der Waals surface area contributed by atoms with Crippen LogP contribution in [0.5, 0.6) is 0 Å².